The van der Waals surface area contributed by atoms with Gasteiger partial charge in [-0.3, -0.25) is 9.59 Å². The van der Waals surface area contributed by atoms with Crippen molar-refractivity contribution in [2.75, 3.05) is 32.8 Å². The van der Waals surface area contributed by atoms with Crippen molar-refractivity contribution in [2.24, 2.45) is 0 Å². The smallest absolute Gasteiger partial charge is 0.307 e. The first-order valence-electron chi connectivity index (χ1n) is 9.32. The van der Waals surface area contributed by atoms with E-state index in [2.05, 4.69) is 4.98 Å². The Balaban J connectivity index is 1.97. The molecule has 0 aliphatic rings. The molecule has 0 atom stereocenters. The number of nitrogens with one attached hydrogen (secondary N) is 1. The highest BCUT2D eigenvalue weighted by molar-refractivity contribution is 5.83. The lowest BCUT2D eigenvalue weighted by atomic mass is 10.1. The summed E-state index contributed by atoms with van der Waals surface area (Å²) in [6.45, 7) is 5.87. The molecule has 0 radical (unpaired) electrons. The van der Waals surface area contributed by atoms with Crippen LogP contribution in [0.2, 0.25) is 0 Å². The number of hydrogen-bond acceptors (Lipinski definition) is 5. The third-order valence-corrected chi connectivity index (χ3v) is 4.30. The molecule has 0 aliphatic heterocycles. The molecule has 1 N–H and O–H groups in total. The van der Waals surface area contributed by atoms with E-state index in [1.54, 1.807) is 19.9 Å². The number of H-pyrrole nitrogens is 1. The van der Waals surface area contributed by atoms with Crippen LogP contribution < -0.4 is 0 Å². The lowest BCUT2D eigenvalue weighted by Crippen LogP contribution is -2.31. The summed E-state index contributed by atoms with van der Waals surface area (Å²) in [5.41, 5.74) is 1.89. The van der Waals surface area contributed by atoms with Crippen LogP contribution in [0.4, 0.5) is 4.39 Å². The Bertz CT molecular complexity index is 738. The van der Waals surface area contributed by atoms with Crippen molar-refractivity contribution >= 4 is 22.8 Å². The van der Waals surface area contributed by atoms with E-state index in [0.717, 1.165) is 16.5 Å². The molecular weight excluding hydrogens is 351 g/mol. The Morgan fingerprint density at radius 3 is 2.26 bits per heavy atom. The standard InChI is InChI=1S/C20H27FN2O4/c1-3-26-19(24)8-11-23(12-9-20(25)27-4-2)10-7-15-14-22-18-6-5-16(21)13-17(15)18/h5-6,13-14,22H,3-4,7-12H2,1-2H3. The molecule has 0 spiro atoms. The molecule has 7 heteroatoms. The second-order valence-electron chi connectivity index (χ2n) is 6.21. The van der Waals surface area contributed by atoms with E-state index in [4.69, 9.17) is 9.47 Å². The molecule has 0 aliphatic carbocycles. The predicted molar refractivity (Wildman–Crippen MR) is 101 cm³/mol. The van der Waals surface area contributed by atoms with Crippen LogP contribution in [0.1, 0.15) is 32.3 Å². The summed E-state index contributed by atoms with van der Waals surface area (Å²) >= 11 is 0. The van der Waals surface area contributed by atoms with Crippen molar-refractivity contribution in [3.63, 3.8) is 0 Å². The van der Waals surface area contributed by atoms with Gasteiger partial charge in [0, 0.05) is 36.7 Å². The second-order valence-corrected chi connectivity index (χ2v) is 6.21. The number of aromatic amines is 1. The van der Waals surface area contributed by atoms with Crippen molar-refractivity contribution in [2.45, 2.75) is 33.1 Å². The Labute approximate surface area is 158 Å². The van der Waals surface area contributed by atoms with Gasteiger partial charge in [0.05, 0.1) is 26.1 Å². The average molecular weight is 378 g/mol. The first-order valence-corrected chi connectivity index (χ1v) is 9.32. The molecule has 0 fully saturated rings. The summed E-state index contributed by atoms with van der Waals surface area (Å²) in [6, 6.07) is 4.66. The Morgan fingerprint density at radius 1 is 1.04 bits per heavy atom. The van der Waals surface area contributed by atoms with E-state index in [-0.39, 0.29) is 30.6 Å². The van der Waals surface area contributed by atoms with Gasteiger partial charge in [0.2, 0.25) is 0 Å². The minimum Gasteiger partial charge on any atom is -0.466 e. The summed E-state index contributed by atoms with van der Waals surface area (Å²) < 4.78 is 23.5. The normalized spacial score (nSPS) is 11.1. The molecule has 1 aromatic heterocycles. The molecule has 0 amide bonds. The lowest BCUT2D eigenvalue weighted by Gasteiger charge is -2.21. The van der Waals surface area contributed by atoms with Crippen molar-refractivity contribution < 1.29 is 23.5 Å². The Morgan fingerprint density at radius 2 is 1.67 bits per heavy atom. The number of aromatic nitrogens is 1. The maximum absolute atomic E-state index is 13.5. The number of nitrogens with zero attached hydrogens (tertiary/aromatic N) is 1. The van der Waals surface area contributed by atoms with Gasteiger partial charge in [-0.05, 0) is 44.0 Å². The zero-order chi connectivity index (χ0) is 19.6. The fourth-order valence-electron chi connectivity index (χ4n) is 2.94. The molecule has 0 saturated heterocycles. The monoisotopic (exact) mass is 378 g/mol. The van der Waals surface area contributed by atoms with E-state index in [0.29, 0.717) is 39.3 Å². The zero-order valence-corrected chi connectivity index (χ0v) is 15.9. The average Bonchev–Trinajstić information content (AvgIpc) is 3.03. The highest BCUT2D eigenvalue weighted by atomic mass is 19.1. The van der Waals surface area contributed by atoms with Crippen LogP contribution >= 0.6 is 0 Å². The topological polar surface area (TPSA) is 71.6 Å². The quantitative estimate of drug-likeness (QED) is 0.609. The minimum atomic E-state index is -0.273. The molecule has 0 saturated carbocycles. The van der Waals surface area contributed by atoms with Crippen LogP contribution in [0.3, 0.4) is 0 Å². The molecule has 1 aromatic carbocycles. The predicted octanol–water partition coefficient (Wildman–Crippen LogP) is 3.06. The summed E-state index contributed by atoms with van der Waals surface area (Å²) in [5.74, 6) is -0.787. The zero-order valence-electron chi connectivity index (χ0n) is 15.9. The number of carbonyl (C=O) groups is 2. The van der Waals surface area contributed by atoms with Crippen LogP contribution in [0.5, 0.6) is 0 Å². The van der Waals surface area contributed by atoms with Crippen molar-refractivity contribution in [3.05, 3.63) is 35.8 Å². The number of halogens is 1. The van der Waals surface area contributed by atoms with Gasteiger partial charge in [-0.1, -0.05) is 0 Å². The van der Waals surface area contributed by atoms with E-state index in [9.17, 15) is 14.0 Å². The Hall–Kier alpha value is -2.41. The molecule has 2 aromatic rings. The fraction of sp³-hybridized carbons (Fsp3) is 0.500. The molecule has 2 rings (SSSR count). The number of hydrogen-bond donors (Lipinski definition) is 1. The second kappa shape index (κ2) is 10.7. The molecule has 6 nitrogen and oxygen atoms in total. The van der Waals surface area contributed by atoms with E-state index >= 15 is 0 Å². The van der Waals surface area contributed by atoms with E-state index in [1.807, 2.05) is 11.1 Å². The summed E-state index contributed by atoms with van der Waals surface area (Å²) in [7, 11) is 0. The number of fused-ring (bicyclic) bond motifs is 1. The van der Waals surface area contributed by atoms with Crippen molar-refractivity contribution in [1.82, 2.24) is 9.88 Å². The first kappa shape index (κ1) is 20.9. The highest BCUT2D eigenvalue weighted by Crippen LogP contribution is 2.20. The van der Waals surface area contributed by atoms with Crippen LogP contribution in [0, 0.1) is 5.82 Å². The van der Waals surface area contributed by atoms with E-state index in [1.165, 1.54) is 12.1 Å². The number of benzene rings is 1. The third kappa shape index (κ3) is 6.67. The Kier molecular flexibility index (Phi) is 8.26. The summed E-state index contributed by atoms with van der Waals surface area (Å²) in [5, 5.41) is 0.853. The fourth-order valence-corrected chi connectivity index (χ4v) is 2.94. The first-order chi connectivity index (χ1) is 13.0. The molecular formula is C20H27FN2O4. The van der Waals surface area contributed by atoms with Gasteiger partial charge < -0.3 is 19.4 Å². The maximum atomic E-state index is 13.5. The third-order valence-electron chi connectivity index (χ3n) is 4.30. The number of ether oxygens (including phenoxy) is 2. The maximum Gasteiger partial charge on any atom is 0.307 e. The van der Waals surface area contributed by atoms with Crippen molar-refractivity contribution in [1.29, 1.82) is 0 Å². The van der Waals surface area contributed by atoms with Gasteiger partial charge in [-0.25, -0.2) is 4.39 Å². The highest BCUT2D eigenvalue weighted by Gasteiger charge is 2.13. The number of carbonyl (C=O) groups excluding carboxylic acids is 2. The summed E-state index contributed by atoms with van der Waals surface area (Å²) in [6.07, 6.45) is 3.08. The minimum absolute atomic E-state index is 0.257. The molecule has 1 heterocycles. The molecule has 148 valence electrons. The van der Waals surface area contributed by atoms with Crippen LogP contribution in [0.25, 0.3) is 10.9 Å². The molecule has 0 bridgehead atoms. The van der Waals surface area contributed by atoms with Crippen LogP contribution in [0.15, 0.2) is 24.4 Å². The largest absolute Gasteiger partial charge is 0.466 e. The number of rotatable bonds is 11. The van der Waals surface area contributed by atoms with Gasteiger partial charge in [-0.15, -0.1) is 0 Å². The van der Waals surface area contributed by atoms with Gasteiger partial charge in [0.15, 0.2) is 0 Å². The van der Waals surface area contributed by atoms with Gasteiger partial charge in [0.1, 0.15) is 5.82 Å². The number of esters is 2. The summed E-state index contributed by atoms with van der Waals surface area (Å²) in [4.78, 5) is 28.5. The van der Waals surface area contributed by atoms with E-state index < -0.39 is 0 Å². The van der Waals surface area contributed by atoms with Gasteiger partial charge >= 0.3 is 11.9 Å². The van der Waals surface area contributed by atoms with Gasteiger partial charge in [0.25, 0.3) is 0 Å². The lowest BCUT2D eigenvalue weighted by molar-refractivity contribution is -0.143. The molecule has 0 unspecified atom stereocenters. The van der Waals surface area contributed by atoms with Crippen LogP contribution in [-0.2, 0) is 25.5 Å². The SMILES string of the molecule is CCOC(=O)CCN(CCC(=O)OCC)CCc1c[nH]c2ccc(F)cc12. The molecule has 27 heavy (non-hydrogen) atoms. The van der Waals surface area contributed by atoms with Crippen molar-refractivity contribution in [3.8, 4) is 0 Å². The van der Waals surface area contributed by atoms with Gasteiger partial charge in [-0.2, -0.15) is 0 Å². The van der Waals surface area contributed by atoms with Crippen LogP contribution in [-0.4, -0.2) is 54.7 Å².